The minimum absolute atomic E-state index is 0.0403. The van der Waals surface area contributed by atoms with E-state index in [9.17, 15) is 9.59 Å². The van der Waals surface area contributed by atoms with E-state index in [0.717, 1.165) is 43.5 Å². The Labute approximate surface area is 173 Å². The van der Waals surface area contributed by atoms with Crippen LogP contribution in [0.15, 0.2) is 42.5 Å². The van der Waals surface area contributed by atoms with Crippen molar-refractivity contribution < 1.29 is 9.59 Å². The van der Waals surface area contributed by atoms with Crippen molar-refractivity contribution >= 4 is 17.5 Å². The fourth-order valence-corrected chi connectivity index (χ4v) is 4.79. The summed E-state index contributed by atoms with van der Waals surface area (Å²) in [5.41, 5.74) is 5.12. The molecule has 1 heterocycles. The van der Waals surface area contributed by atoms with Gasteiger partial charge in [0.2, 0.25) is 5.91 Å². The summed E-state index contributed by atoms with van der Waals surface area (Å²) in [6, 6.07) is 14.4. The van der Waals surface area contributed by atoms with Crippen LogP contribution < -0.4 is 5.32 Å². The van der Waals surface area contributed by atoms with Crippen LogP contribution in [0.3, 0.4) is 0 Å². The second-order valence-electron chi connectivity index (χ2n) is 8.56. The maximum Gasteiger partial charge on any atom is 0.254 e. The largest absolute Gasteiger partial charge is 0.336 e. The molecule has 29 heavy (non-hydrogen) atoms. The van der Waals surface area contributed by atoms with Gasteiger partial charge in [-0.1, -0.05) is 24.3 Å². The Balaban J connectivity index is 1.41. The van der Waals surface area contributed by atoms with Crippen molar-refractivity contribution in [3.63, 3.8) is 0 Å². The van der Waals surface area contributed by atoms with Gasteiger partial charge in [0.15, 0.2) is 0 Å². The summed E-state index contributed by atoms with van der Waals surface area (Å²) in [6.45, 7) is 4.91. The number of benzene rings is 2. The van der Waals surface area contributed by atoms with Gasteiger partial charge in [-0.25, -0.2) is 0 Å². The molecule has 1 aliphatic carbocycles. The molecule has 0 aromatic heterocycles. The molecule has 0 saturated carbocycles. The van der Waals surface area contributed by atoms with Gasteiger partial charge >= 0.3 is 0 Å². The van der Waals surface area contributed by atoms with E-state index in [2.05, 4.69) is 36.5 Å². The van der Waals surface area contributed by atoms with Gasteiger partial charge in [0.1, 0.15) is 0 Å². The molecule has 1 saturated heterocycles. The number of likely N-dealkylation sites (tertiary alicyclic amines) is 1. The van der Waals surface area contributed by atoms with Crippen molar-refractivity contribution in [3.05, 3.63) is 64.7 Å². The standard InChI is InChI=1S/C25H30N2O2/c1-17-15-21(25(29)27-14-6-5-7-18(27)2)12-13-23(17)26-24(28)16-20-11-10-19-8-3-4-9-22(19)20/h3-4,8-9,12-13,15,18,20H,5-7,10-11,14,16H2,1-2H3,(H,26,28). The number of hydrogen-bond acceptors (Lipinski definition) is 2. The predicted molar refractivity (Wildman–Crippen MR) is 116 cm³/mol. The van der Waals surface area contributed by atoms with Crippen LogP contribution in [0.25, 0.3) is 0 Å². The summed E-state index contributed by atoms with van der Waals surface area (Å²) < 4.78 is 0. The van der Waals surface area contributed by atoms with Crippen molar-refractivity contribution in [2.45, 2.75) is 64.3 Å². The molecule has 0 bridgehead atoms. The number of anilines is 1. The van der Waals surface area contributed by atoms with E-state index in [-0.39, 0.29) is 11.8 Å². The molecule has 0 radical (unpaired) electrons. The van der Waals surface area contributed by atoms with Crippen molar-refractivity contribution in [2.75, 3.05) is 11.9 Å². The molecule has 4 rings (SSSR count). The first-order valence-electron chi connectivity index (χ1n) is 10.8. The Morgan fingerprint density at radius 1 is 1.10 bits per heavy atom. The molecule has 1 aliphatic heterocycles. The zero-order chi connectivity index (χ0) is 20.4. The van der Waals surface area contributed by atoms with Gasteiger partial charge in [-0.2, -0.15) is 0 Å². The molecule has 2 aromatic rings. The van der Waals surface area contributed by atoms with E-state index in [1.54, 1.807) is 0 Å². The topological polar surface area (TPSA) is 49.4 Å². The highest BCUT2D eigenvalue weighted by Crippen LogP contribution is 2.35. The van der Waals surface area contributed by atoms with Gasteiger partial charge in [0, 0.05) is 30.3 Å². The summed E-state index contributed by atoms with van der Waals surface area (Å²) in [4.78, 5) is 27.5. The third-order valence-corrected chi connectivity index (χ3v) is 6.50. The van der Waals surface area contributed by atoms with Crippen molar-refractivity contribution in [1.29, 1.82) is 0 Å². The second kappa shape index (κ2) is 8.40. The van der Waals surface area contributed by atoms with Crippen LogP contribution in [-0.4, -0.2) is 29.3 Å². The highest BCUT2D eigenvalue weighted by atomic mass is 16.2. The molecule has 2 amide bonds. The number of carbonyl (C=O) groups is 2. The van der Waals surface area contributed by atoms with Gasteiger partial charge in [-0.05, 0) is 86.8 Å². The van der Waals surface area contributed by atoms with Crippen LogP contribution in [0.5, 0.6) is 0 Å². The highest BCUT2D eigenvalue weighted by Gasteiger charge is 2.26. The van der Waals surface area contributed by atoms with Crippen molar-refractivity contribution in [1.82, 2.24) is 4.90 Å². The number of hydrogen-bond donors (Lipinski definition) is 1. The first-order valence-corrected chi connectivity index (χ1v) is 10.8. The quantitative estimate of drug-likeness (QED) is 0.792. The fraction of sp³-hybridized carbons (Fsp3) is 0.440. The second-order valence-corrected chi connectivity index (χ2v) is 8.56. The molecular weight excluding hydrogens is 360 g/mol. The van der Waals surface area contributed by atoms with Gasteiger partial charge < -0.3 is 10.2 Å². The maximum absolute atomic E-state index is 12.9. The van der Waals surface area contributed by atoms with Crippen LogP contribution in [0.1, 0.15) is 72.0 Å². The Kier molecular flexibility index (Phi) is 5.70. The molecule has 2 unspecified atom stereocenters. The predicted octanol–water partition coefficient (Wildman–Crippen LogP) is 5.07. The van der Waals surface area contributed by atoms with E-state index in [1.165, 1.54) is 17.5 Å². The van der Waals surface area contributed by atoms with E-state index in [1.807, 2.05) is 30.0 Å². The van der Waals surface area contributed by atoms with Gasteiger partial charge in [0.05, 0.1) is 0 Å². The minimum Gasteiger partial charge on any atom is -0.336 e. The average Bonchev–Trinajstić information content (AvgIpc) is 3.12. The number of fused-ring (bicyclic) bond motifs is 1. The van der Waals surface area contributed by atoms with Crippen LogP contribution in [-0.2, 0) is 11.2 Å². The molecule has 2 aromatic carbocycles. The lowest BCUT2D eigenvalue weighted by Gasteiger charge is -2.33. The van der Waals surface area contributed by atoms with E-state index in [0.29, 0.717) is 23.9 Å². The third-order valence-electron chi connectivity index (χ3n) is 6.50. The van der Waals surface area contributed by atoms with Crippen LogP contribution >= 0.6 is 0 Å². The van der Waals surface area contributed by atoms with Crippen molar-refractivity contribution in [3.8, 4) is 0 Å². The molecule has 4 heteroatoms. The lowest BCUT2D eigenvalue weighted by molar-refractivity contribution is -0.116. The Bertz CT molecular complexity index is 921. The SMILES string of the molecule is Cc1cc(C(=O)N2CCCCC2C)ccc1NC(=O)CC1CCc2ccccc21. The van der Waals surface area contributed by atoms with E-state index >= 15 is 0 Å². The smallest absolute Gasteiger partial charge is 0.254 e. The molecule has 4 nitrogen and oxygen atoms in total. The van der Waals surface area contributed by atoms with Gasteiger partial charge in [-0.15, -0.1) is 0 Å². The molecule has 1 fully saturated rings. The zero-order valence-electron chi connectivity index (χ0n) is 17.4. The number of carbonyl (C=O) groups excluding carboxylic acids is 2. The van der Waals surface area contributed by atoms with Gasteiger partial charge in [0.25, 0.3) is 5.91 Å². The fourth-order valence-electron chi connectivity index (χ4n) is 4.79. The first kappa shape index (κ1) is 19.7. The first-order chi connectivity index (χ1) is 14.0. The Morgan fingerprint density at radius 3 is 2.72 bits per heavy atom. The molecule has 2 atom stereocenters. The van der Waals surface area contributed by atoms with Crippen LogP contribution in [0.2, 0.25) is 0 Å². The molecule has 0 spiro atoms. The maximum atomic E-state index is 12.9. The number of nitrogens with zero attached hydrogens (tertiary/aromatic N) is 1. The average molecular weight is 391 g/mol. The summed E-state index contributed by atoms with van der Waals surface area (Å²) in [5, 5.41) is 3.06. The lowest BCUT2D eigenvalue weighted by atomic mass is 9.97. The summed E-state index contributed by atoms with van der Waals surface area (Å²) in [7, 11) is 0. The zero-order valence-corrected chi connectivity index (χ0v) is 17.4. The number of rotatable bonds is 4. The summed E-state index contributed by atoms with van der Waals surface area (Å²) >= 11 is 0. The lowest BCUT2D eigenvalue weighted by Crippen LogP contribution is -2.42. The monoisotopic (exact) mass is 390 g/mol. The molecule has 1 N–H and O–H groups in total. The highest BCUT2D eigenvalue weighted by molar-refractivity contribution is 5.97. The summed E-state index contributed by atoms with van der Waals surface area (Å²) in [5.74, 6) is 0.437. The minimum atomic E-state index is 0.0403. The Hall–Kier alpha value is -2.62. The number of aryl methyl sites for hydroxylation is 2. The normalized spacial score (nSPS) is 21.0. The number of amides is 2. The number of piperidine rings is 1. The van der Waals surface area contributed by atoms with E-state index < -0.39 is 0 Å². The van der Waals surface area contributed by atoms with Gasteiger partial charge in [-0.3, -0.25) is 9.59 Å². The van der Waals surface area contributed by atoms with E-state index in [4.69, 9.17) is 0 Å². The summed E-state index contributed by atoms with van der Waals surface area (Å²) in [6.07, 6.45) is 5.94. The van der Waals surface area contributed by atoms with Crippen LogP contribution in [0, 0.1) is 6.92 Å². The third kappa shape index (κ3) is 4.21. The van der Waals surface area contributed by atoms with Crippen LogP contribution in [0.4, 0.5) is 5.69 Å². The number of nitrogens with one attached hydrogen (secondary N) is 1. The molecule has 152 valence electrons. The molecule has 2 aliphatic rings. The Morgan fingerprint density at radius 2 is 1.93 bits per heavy atom. The van der Waals surface area contributed by atoms with Crippen molar-refractivity contribution in [2.24, 2.45) is 0 Å². The molecular formula is C25H30N2O2.